The van der Waals surface area contributed by atoms with Crippen LogP contribution in [0, 0.1) is 6.92 Å². The van der Waals surface area contributed by atoms with Crippen LogP contribution in [0.15, 0.2) is 23.4 Å². The minimum atomic E-state index is -3.35. The third-order valence-electron chi connectivity index (χ3n) is 2.38. The summed E-state index contributed by atoms with van der Waals surface area (Å²) in [7, 11) is -3.35. The normalized spacial score (nSPS) is 12.4. The molecule has 0 amide bonds. The van der Waals surface area contributed by atoms with E-state index in [-0.39, 0.29) is 11.6 Å². The van der Waals surface area contributed by atoms with Crippen molar-refractivity contribution in [1.29, 1.82) is 0 Å². The Labute approximate surface area is 107 Å². The lowest BCUT2D eigenvalue weighted by Gasteiger charge is -2.11. The quantitative estimate of drug-likeness (QED) is 0.324. The van der Waals surface area contributed by atoms with Gasteiger partial charge in [-0.05, 0) is 25.0 Å². The first kappa shape index (κ1) is 14.3. The van der Waals surface area contributed by atoms with Gasteiger partial charge in [0.05, 0.1) is 11.4 Å². The third-order valence-corrected chi connectivity index (χ3v) is 3.86. The Morgan fingerprint density at radius 1 is 1.50 bits per heavy atom. The third kappa shape index (κ3) is 3.63. The second-order valence-electron chi connectivity index (χ2n) is 3.94. The number of rotatable bonds is 5. The first-order valence-electron chi connectivity index (χ1n) is 5.48. The summed E-state index contributed by atoms with van der Waals surface area (Å²) in [5.74, 6) is -0.00815. The minimum Gasteiger partial charge on any atom is -0.409 e. The largest absolute Gasteiger partial charge is 0.409 e. The van der Waals surface area contributed by atoms with E-state index < -0.39 is 10.0 Å². The Balaban J connectivity index is 3.09. The zero-order valence-corrected chi connectivity index (χ0v) is 11.2. The molecule has 0 saturated carbocycles. The number of hydrogen-bond donors (Lipinski definition) is 3. The van der Waals surface area contributed by atoms with Crippen molar-refractivity contribution in [3.8, 4) is 0 Å². The fraction of sp³-hybridized carbons (Fsp3) is 0.364. The zero-order chi connectivity index (χ0) is 13.8. The van der Waals surface area contributed by atoms with E-state index in [1.165, 1.54) is 6.07 Å². The summed E-state index contributed by atoms with van der Waals surface area (Å²) in [5.41, 5.74) is 7.12. The Morgan fingerprint density at radius 3 is 2.72 bits per heavy atom. The predicted octanol–water partition coefficient (Wildman–Crippen LogP) is 1.24. The van der Waals surface area contributed by atoms with Crippen molar-refractivity contribution in [3.05, 3.63) is 29.3 Å². The summed E-state index contributed by atoms with van der Waals surface area (Å²) in [4.78, 5) is 0. The Hall–Kier alpha value is -1.76. The molecule has 0 bridgehead atoms. The average molecular weight is 271 g/mol. The molecule has 0 unspecified atom stereocenters. The fourth-order valence-corrected chi connectivity index (χ4v) is 2.63. The number of sulfonamides is 1. The van der Waals surface area contributed by atoms with Gasteiger partial charge in [0, 0.05) is 5.56 Å². The number of nitrogens with zero attached hydrogens (tertiary/aromatic N) is 1. The van der Waals surface area contributed by atoms with Gasteiger partial charge in [-0.15, -0.1) is 0 Å². The fourth-order valence-electron chi connectivity index (χ4n) is 1.44. The van der Waals surface area contributed by atoms with Crippen molar-refractivity contribution >= 4 is 21.5 Å². The molecule has 0 radical (unpaired) electrons. The smallest absolute Gasteiger partial charge is 0.232 e. The van der Waals surface area contributed by atoms with E-state index in [1.807, 2.05) is 0 Å². The molecule has 0 heterocycles. The highest BCUT2D eigenvalue weighted by molar-refractivity contribution is 7.92. The van der Waals surface area contributed by atoms with Crippen LogP contribution in [0.25, 0.3) is 0 Å². The van der Waals surface area contributed by atoms with Gasteiger partial charge < -0.3 is 10.9 Å². The number of benzene rings is 1. The highest BCUT2D eigenvalue weighted by Gasteiger charge is 2.11. The van der Waals surface area contributed by atoms with E-state index in [4.69, 9.17) is 10.9 Å². The van der Waals surface area contributed by atoms with Crippen LogP contribution >= 0.6 is 0 Å². The first-order chi connectivity index (χ1) is 8.39. The maximum absolute atomic E-state index is 11.7. The van der Waals surface area contributed by atoms with Gasteiger partial charge in [-0.25, -0.2) is 8.42 Å². The van der Waals surface area contributed by atoms with Crippen molar-refractivity contribution < 1.29 is 13.6 Å². The maximum Gasteiger partial charge on any atom is 0.232 e. The van der Waals surface area contributed by atoms with E-state index >= 15 is 0 Å². The summed E-state index contributed by atoms with van der Waals surface area (Å²) in [6.07, 6.45) is 0.536. The van der Waals surface area contributed by atoms with E-state index in [0.717, 1.165) is 5.56 Å². The number of nitrogens with two attached hydrogens (primary N) is 1. The molecule has 1 aromatic carbocycles. The molecule has 0 aromatic heterocycles. The molecule has 0 saturated heterocycles. The number of nitrogens with one attached hydrogen (secondary N) is 1. The molecule has 6 nitrogen and oxygen atoms in total. The molecule has 100 valence electrons. The highest BCUT2D eigenvalue weighted by atomic mass is 32.2. The zero-order valence-electron chi connectivity index (χ0n) is 10.3. The van der Waals surface area contributed by atoms with Crippen LogP contribution in [-0.4, -0.2) is 25.2 Å². The lowest BCUT2D eigenvalue weighted by molar-refractivity contribution is 0.318. The van der Waals surface area contributed by atoms with Crippen molar-refractivity contribution in [2.75, 3.05) is 10.5 Å². The van der Waals surface area contributed by atoms with Crippen molar-refractivity contribution in [3.63, 3.8) is 0 Å². The van der Waals surface area contributed by atoms with Crippen LogP contribution in [-0.2, 0) is 10.0 Å². The summed E-state index contributed by atoms with van der Waals surface area (Å²) in [6.45, 7) is 3.57. The second kappa shape index (κ2) is 5.72. The molecule has 4 N–H and O–H groups in total. The molecule has 0 aliphatic heterocycles. The average Bonchev–Trinajstić information content (AvgIpc) is 2.30. The van der Waals surface area contributed by atoms with Crippen LogP contribution in [0.2, 0.25) is 0 Å². The molecule has 1 aromatic rings. The van der Waals surface area contributed by atoms with Crippen LogP contribution in [0.3, 0.4) is 0 Å². The van der Waals surface area contributed by atoms with E-state index in [2.05, 4.69) is 9.88 Å². The molecule has 18 heavy (non-hydrogen) atoms. The second-order valence-corrected chi connectivity index (χ2v) is 5.78. The Kier molecular flexibility index (Phi) is 4.55. The van der Waals surface area contributed by atoms with E-state index in [1.54, 1.807) is 26.0 Å². The van der Waals surface area contributed by atoms with Gasteiger partial charge >= 0.3 is 0 Å². The standard InChI is InChI=1S/C11H17N3O3S/c1-3-6-18(16,17)14-10-7-9(11(12)13-15)5-4-8(10)2/h4-5,7,14-15H,3,6H2,1-2H3,(H2,12,13). The van der Waals surface area contributed by atoms with Gasteiger partial charge in [0.1, 0.15) is 0 Å². The molecule has 0 spiro atoms. The lowest BCUT2D eigenvalue weighted by Crippen LogP contribution is -2.18. The van der Waals surface area contributed by atoms with E-state index in [0.29, 0.717) is 17.7 Å². The molecular weight excluding hydrogens is 254 g/mol. The SMILES string of the molecule is CCCS(=O)(=O)Nc1cc(C(N)=NO)ccc1C. The number of aryl methyl sites for hydroxylation is 1. The minimum absolute atomic E-state index is 0.0558. The molecule has 0 aliphatic carbocycles. The molecule has 0 atom stereocenters. The van der Waals surface area contributed by atoms with Crippen LogP contribution < -0.4 is 10.5 Å². The van der Waals surface area contributed by atoms with Crippen LogP contribution in [0.5, 0.6) is 0 Å². The monoisotopic (exact) mass is 271 g/mol. The van der Waals surface area contributed by atoms with Crippen molar-refractivity contribution in [2.24, 2.45) is 10.9 Å². The summed E-state index contributed by atoms with van der Waals surface area (Å²) in [6, 6.07) is 4.90. The summed E-state index contributed by atoms with van der Waals surface area (Å²) in [5, 5.41) is 11.5. The van der Waals surface area contributed by atoms with Gasteiger partial charge in [-0.1, -0.05) is 24.2 Å². The number of oxime groups is 1. The van der Waals surface area contributed by atoms with E-state index in [9.17, 15) is 8.42 Å². The van der Waals surface area contributed by atoms with Crippen molar-refractivity contribution in [1.82, 2.24) is 0 Å². The van der Waals surface area contributed by atoms with Gasteiger partial charge in [0.2, 0.25) is 10.0 Å². The Morgan fingerprint density at radius 2 is 2.17 bits per heavy atom. The molecule has 0 fully saturated rings. The molecule has 1 rings (SSSR count). The van der Waals surface area contributed by atoms with Crippen molar-refractivity contribution in [2.45, 2.75) is 20.3 Å². The van der Waals surface area contributed by atoms with Gasteiger partial charge in [-0.2, -0.15) is 0 Å². The summed E-state index contributed by atoms with van der Waals surface area (Å²) >= 11 is 0. The number of hydrogen-bond acceptors (Lipinski definition) is 4. The molecular formula is C11H17N3O3S. The van der Waals surface area contributed by atoms with Gasteiger partial charge in [0.15, 0.2) is 5.84 Å². The van der Waals surface area contributed by atoms with Crippen LogP contribution in [0.4, 0.5) is 5.69 Å². The molecule has 0 aliphatic rings. The predicted molar refractivity (Wildman–Crippen MR) is 71.4 cm³/mol. The van der Waals surface area contributed by atoms with Gasteiger partial charge in [-0.3, -0.25) is 4.72 Å². The van der Waals surface area contributed by atoms with Crippen LogP contribution in [0.1, 0.15) is 24.5 Å². The number of amidine groups is 1. The maximum atomic E-state index is 11.7. The summed E-state index contributed by atoms with van der Waals surface area (Å²) < 4.78 is 25.8. The number of anilines is 1. The molecule has 7 heteroatoms. The highest BCUT2D eigenvalue weighted by Crippen LogP contribution is 2.18. The topological polar surface area (TPSA) is 105 Å². The van der Waals surface area contributed by atoms with Gasteiger partial charge in [0.25, 0.3) is 0 Å². The Bertz CT molecular complexity index is 553. The first-order valence-corrected chi connectivity index (χ1v) is 7.14. The lowest BCUT2D eigenvalue weighted by atomic mass is 10.1.